The molecule has 0 aliphatic heterocycles. The van der Waals surface area contributed by atoms with Gasteiger partial charge in [0, 0.05) is 17.9 Å². The smallest absolute Gasteiger partial charge is 0.344 e. The van der Waals surface area contributed by atoms with Gasteiger partial charge in [-0.3, -0.25) is 4.79 Å². The first-order valence-corrected chi connectivity index (χ1v) is 15.1. The average molecular weight is 535 g/mol. The fourth-order valence-corrected chi connectivity index (χ4v) is 4.73. The van der Waals surface area contributed by atoms with Crippen LogP contribution in [0, 0.1) is 0 Å². The third-order valence-corrected chi connectivity index (χ3v) is 7.15. The highest BCUT2D eigenvalue weighted by Gasteiger charge is 2.09. The molecule has 0 bridgehead atoms. The molecule has 0 saturated heterocycles. The van der Waals surface area contributed by atoms with Gasteiger partial charge in [0.15, 0.2) is 0 Å². The summed E-state index contributed by atoms with van der Waals surface area (Å²) in [6, 6.07) is 15.9. The van der Waals surface area contributed by atoms with E-state index < -0.39 is 0 Å². The molecule has 0 fully saturated rings. The van der Waals surface area contributed by atoms with Gasteiger partial charge in [0.1, 0.15) is 11.3 Å². The Balaban J connectivity index is 1.34. The van der Waals surface area contributed by atoms with Crippen LogP contribution in [-0.4, -0.2) is 19.2 Å². The number of hydrogen-bond donors (Lipinski definition) is 0. The molecule has 0 N–H and O–H groups in total. The molecular weight excluding hydrogens is 488 g/mol. The van der Waals surface area contributed by atoms with Crippen molar-refractivity contribution < 1.29 is 18.7 Å². The van der Waals surface area contributed by atoms with Crippen molar-refractivity contribution in [3.63, 3.8) is 0 Å². The predicted octanol–water partition coefficient (Wildman–Crippen LogP) is 9.04. The van der Waals surface area contributed by atoms with Gasteiger partial charge in [-0.25, -0.2) is 4.79 Å². The van der Waals surface area contributed by atoms with Crippen molar-refractivity contribution in [3.8, 4) is 16.9 Å². The van der Waals surface area contributed by atoms with Crippen molar-refractivity contribution in [2.45, 2.75) is 104 Å². The molecule has 0 radical (unpaired) electrons. The molecule has 0 amide bonds. The zero-order valence-electron chi connectivity index (χ0n) is 24.0. The molecule has 5 heteroatoms. The van der Waals surface area contributed by atoms with Crippen molar-refractivity contribution in [3.05, 3.63) is 64.5 Å². The van der Waals surface area contributed by atoms with E-state index in [1.807, 2.05) is 43.3 Å². The molecule has 5 nitrogen and oxygen atoms in total. The standard InChI is InChI=1S/C34H46O5/c1-3-5-13-16-27-17-19-28(20-18-27)31-25-29-21-22-30(26-32(29)39-34(31)36)37-23-14-11-9-7-6-8-10-12-15-24-38-33(35)4-2/h17-22,25-26H,3-16,23-24H2,1-2H3. The maximum Gasteiger partial charge on any atom is 0.344 e. The molecule has 1 heterocycles. The molecule has 3 aromatic rings. The van der Waals surface area contributed by atoms with Crippen molar-refractivity contribution in [1.29, 1.82) is 0 Å². The number of unbranched alkanes of at least 4 members (excludes halogenated alkanes) is 10. The molecule has 39 heavy (non-hydrogen) atoms. The minimum absolute atomic E-state index is 0.102. The number of esters is 1. The summed E-state index contributed by atoms with van der Waals surface area (Å²) in [6.07, 6.45) is 15.6. The van der Waals surface area contributed by atoms with Gasteiger partial charge in [-0.1, -0.05) is 95.9 Å². The van der Waals surface area contributed by atoms with E-state index in [1.54, 1.807) is 0 Å². The van der Waals surface area contributed by atoms with Crippen LogP contribution in [0.5, 0.6) is 5.75 Å². The summed E-state index contributed by atoms with van der Waals surface area (Å²) in [5, 5.41) is 0.894. The van der Waals surface area contributed by atoms with E-state index >= 15 is 0 Å². The molecule has 212 valence electrons. The van der Waals surface area contributed by atoms with E-state index in [0.29, 0.717) is 30.8 Å². The van der Waals surface area contributed by atoms with Crippen molar-refractivity contribution >= 4 is 16.9 Å². The monoisotopic (exact) mass is 534 g/mol. The lowest BCUT2D eigenvalue weighted by Crippen LogP contribution is -2.03. The molecule has 2 aromatic carbocycles. The molecular formula is C34H46O5. The Morgan fingerprint density at radius 1 is 0.744 bits per heavy atom. The summed E-state index contributed by atoms with van der Waals surface area (Å²) in [4.78, 5) is 23.8. The van der Waals surface area contributed by atoms with Crippen LogP contribution in [0.25, 0.3) is 22.1 Å². The fraction of sp³-hybridized carbons (Fsp3) is 0.529. The minimum atomic E-state index is -0.321. The van der Waals surface area contributed by atoms with Crippen LogP contribution >= 0.6 is 0 Å². The largest absolute Gasteiger partial charge is 0.493 e. The van der Waals surface area contributed by atoms with Crippen LogP contribution in [0.4, 0.5) is 0 Å². The second-order valence-corrected chi connectivity index (χ2v) is 10.4. The summed E-state index contributed by atoms with van der Waals surface area (Å²) in [7, 11) is 0. The number of benzene rings is 2. The van der Waals surface area contributed by atoms with Gasteiger partial charge in [0.25, 0.3) is 0 Å². The van der Waals surface area contributed by atoms with Gasteiger partial charge < -0.3 is 13.9 Å². The van der Waals surface area contributed by atoms with Crippen LogP contribution in [0.15, 0.2) is 57.7 Å². The summed E-state index contributed by atoms with van der Waals surface area (Å²) in [5.74, 6) is 0.634. The Hall–Kier alpha value is -3.08. The number of rotatable bonds is 19. The molecule has 1 aromatic heterocycles. The van der Waals surface area contributed by atoms with E-state index in [-0.39, 0.29) is 11.6 Å². The van der Waals surface area contributed by atoms with Crippen molar-refractivity contribution in [1.82, 2.24) is 0 Å². The van der Waals surface area contributed by atoms with E-state index in [0.717, 1.165) is 48.8 Å². The Morgan fingerprint density at radius 3 is 2.08 bits per heavy atom. The molecule has 0 aliphatic carbocycles. The Morgan fingerprint density at radius 2 is 1.41 bits per heavy atom. The summed E-state index contributed by atoms with van der Waals surface area (Å²) in [5.41, 5.74) is 3.02. The highest BCUT2D eigenvalue weighted by molar-refractivity contribution is 5.82. The summed E-state index contributed by atoms with van der Waals surface area (Å²) in [6.45, 7) is 5.26. The molecule has 3 rings (SSSR count). The zero-order chi connectivity index (χ0) is 27.7. The number of ether oxygens (including phenoxy) is 2. The first-order valence-electron chi connectivity index (χ1n) is 15.1. The Bertz CT molecular complexity index is 1180. The number of fused-ring (bicyclic) bond motifs is 1. The maximum atomic E-state index is 12.7. The maximum absolute atomic E-state index is 12.7. The lowest BCUT2D eigenvalue weighted by molar-refractivity contribution is -0.143. The molecule has 0 aliphatic rings. The van der Waals surface area contributed by atoms with Gasteiger partial charge in [-0.05, 0) is 55.0 Å². The van der Waals surface area contributed by atoms with Crippen LogP contribution < -0.4 is 10.4 Å². The van der Waals surface area contributed by atoms with Crippen LogP contribution in [0.2, 0.25) is 0 Å². The average Bonchev–Trinajstić information content (AvgIpc) is 2.95. The van der Waals surface area contributed by atoms with E-state index in [1.165, 1.54) is 56.9 Å². The Kier molecular flexibility index (Phi) is 13.7. The molecule has 0 spiro atoms. The third kappa shape index (κ3) is 10.9. The number of hydrogen-bond acceptors (Lipinski definition) is 5. The molecule has 0 saturated carbocycles. The van der Waals surface area contributed by atoms with Gasteiger partial charge in [-0.15, -0.1) is 0 Å². The van der Waals surface area contributed by atoms with Gasteiger partial charge in [0.2, 0.25) is 0 Å². The van der Waals surface area contributed by atoms with Gasteiger partial charge >= 0.3 is 11.6 Å². The number of carbonyl (C=O) groups excluding carboxylic acids is 1. The lowest BCUT2D eigenvalue weighted by atomic mass is 10.0. The molecule has 0 atom stereocenters. The lowest BCUT2D eigenvalue weighted by Gasteiger charge is -2.08. The normalized spacial score (nSPS) is 11.1. The highest BCUT2D eigenvalue weighted by Crippen LogP contribution is 2.25. The Labute approximate surface area is 233 Å². The predicted molar refractivity (Wildman–Crippen MR) is 159 cm³/mol. The van der Waals surface area contributed by atoms with Crippen LogP contribution in [0.1, 0.15) is 103 Å². The van der Waals surface area contributed by atoms with Crippen LogP contribution in [-0.2, 0) is 16.0 Å². The SMILES string of the molecule is CCCCCc1ccc(-c2cc3ccc(OCCCCCCCCCCCOC(=O)CC)cc3oc2=O)cc1. The van der Waals surface area contributed by atoms with E-state index in [2.05, 4.69) is 19.1 Å². The van der Waals surface area contributed by atoms with E-state index in [9.17, 15) is 9.59 Å². The quantitative estimate of drug-likeness (QED) is 0.0872. The topological polar surface area (TPSA) is 65.7 Å². The summed E-state index contributed by atoms with van der Waals surface area (Å²) < 4.78 is 16.7. The number of carbonyl (C=O) groups is 1. The summed E-state index contributed by atoms with van der Waals surface area (Å²) >= 11 is 0. The highest BCUT2D eigenvalue weighted by atomic mass is 16.5. The third-order valence-electron chi connectivity index (χ3n) is 7.15. The van der Waals surface area contributed by atoms with E-state index in [4.69, 9.17) is 13.9 Å². The first-order chi connectivity index (χ1) is 19.1. The van der Waals surface area contributed by atoms with Crippen molar-refractivity contribution in [2.75, 3.05) is 13.2 Å². The van der Waals surface area contributed by atoms with Crippen LogP contribution in [0.3, 0.4) is 0 Å². The van der Waals surface area contributed by atoms with Crippen molar-refractivity contribution in [2.24, 2.45) is 0 Å². The zero-order valence-corrected chi connectivity index (χ0v) is 24.0. The second-order valence-electron chi connectivity index (χ2n) is 10.4. The van der Waals surface area contributed by atoms with Gasteiger partial charge in [-0.2, -0.15) is 0 Å². The fourth-order valence-electron chi connectivity index (χ4n) is 4.73. The van der Waals surface area contributed by atoms with Gasteiger partial charge in [0.05, 0.1) is 18.8 Å². The first kappa shape index (κ1) is 30.5. The minimum Gasteiger partial charge on any atom is -0.493 e. The molecule has 0 unspecified atom stereocenters. The number of aryl methyl sites for hydroxylation is 1. The second kappa shape index (κ2) is 17.5.